The number of benzene rings is 1. The first kappa shape index (κ1) is 22.8. The summed E-state index contributed by atoms with van der Waals surface area (Å²) in [5, 5.41) is 5.99. The monoisotopic (exact) mass is 438 g/mol. The molecule has 0 amide bonds. The molecule has 1 fully saturated rings. The zero-order valence-corrected chi connectivity index (χ0v) is 17.3. The first-order chi connectivity index (χ1) is 13.2. The molecule has 0 aromatic heterocycles. The summed E-state index contributed by atoms with van der Waals surface area (Å²) >= 11 is 1.75. The van der Waals surface area contributed by atoms with Crippen molar-refractivity contribution in [3.63, 3.8) is 0 Å². The smallest absolute Gasteiger partial charge is 0.356 e. The molecule has 2 rings (SSSR count). The van der Waals surface area contributed by atoms with E-state index in [0.717, 1.165) is 29.2 Å². The summed E-state index contributed by atoms with van der Waals surface area (Å²) in [7, 11) is -1.71. The van der Waals surface area contributed by atoms with Crippen molar-refractivity contribution >= 4 is 27.7 Å². The maximum Gasteiger partial charge on any atom is 0.416 e. The fourth-order valence-electron chi connectivity index (χ4n) is 2.66. The first-order valence-electron chi connectivity index (χ1n) is 8.88. The fraction of sp³-hybridized carbons (Fsp3) is 0.588. The van der Waals surface area contributed by atoms with Gasteiger partial charge in [-0.25, -0.2) is 12.7 Å². The van der Waals surface area contributed by atoms with Crippen LogP contribution in [0.3, 0.4) is 0 Å². The summed E-state index contributed by atoms with van der Waals surface area (Å²) in [5.41, 5.74) is 0.0942. The largest absolute Gasteiger partial charge is 0.416 e. The molecular weight excluding hydrogens is 413 g/mol. The van der Waals surface area contributed by atoms with E-state index in [0.29, 0.717) is 32.0 Å². The normalized spacial score (nSPS) is 16.8. The quantitative estimate of drug-likeness (QED) is 0.502. The van der Waals surface area contributed by atoms with Crippen LogP contribution in [0.2, 0.25) is 0 Å². The second kappa shape index (κ2) is 10.4. The maximum absolute atomic E-state index is 12.6. The summed E-state index contributed by atoms with van der Waals surface area (Å²) in [5.74, 6) is 2.08. The molecule has 158 valence electrons. The van der Waals surface area contributed by atoms with Crippen LogP contribution in [0, 0.1) is 0 Å². The maximum atomic E-state index is 12.6. The lowest BCUT2D eigenvalue weighted by atomic mass is 10.1. The Balaban J connectivity index is 1.72. The van der Waals surface area contributed by atoms with Gasteiger partial charge in [-0.15, -0.1) is 0 Å². The van der Waals surface area contributed by atoms with E-state index in [9.17, 15) is 21.6 Å². The molecule has 0 aliphatic carbocycles. The number of sulfonamides is 1. The molecule has 0 unspecified atom stereocenters. The van der Waals surface area contributed by atoms with Crippen LogP contribution in [0.15, 0.2) is 29.3 Å². The molecule has 1 heterocycles. The lowest BCUT2D eigenvalue weighted by Crippen LogP contribution is -2.44. The van der Waals surface area contributed by atoms with Crippen LogP contribution in [-0.2, 0) is 22.6 Å². The van der Waals surface area contributed by atoms with Crippen LogP contribution < -0.4 is 10.6 Å². The Morgan fingerprint density at radius 1 is 1.14 bits per heavy atom. The van der Waals surface area contributed by atoms with Crippen LogP contribution in [0.4, 0.5) is 13.2 Å². The van der Waals surface area contributed by atoms with Crippen molar-refractivity contribution in [3.05, 3.63) is 35.4 Å². The van der Waals surface area contributed by atoms with Crippen LogP contribution in [0.25, 0.3) is 0 Å². The standard InChI is InChI=1S/C17H25F3N4O2S2/c1-21-16(23-8-13-28(25,26)24-9-11-27-12-10-24)22-7-6-14-2-4-15(5-3-14)17(18,19)20/h2-5H,6-13H2,1H3,(H2,21,22,23). The van der Waals surface area contributed by atoms with E-state index in [4.69, 9.17) is 0 Å². The molecule has 0 saturated carbocycles. The minimum absolute atomic E-state index is 0.0166. The van der Waals surface area contributed by atoms with E-state index in [2.05, 4.69) is 15.6 Å². The molecule has 11 heteroatoms. The third kappa shape index (κ3) is 7.17. The van der Waals surface area contributed by atoms with E-state index in [1.54, 1.807) is 18.8 Å². The second-order valence-corrected chi connectivity index (χ2v) is 9.51. The topological polar surface area (TPSA) is 73.8 Å². The highest BCUT2D eigenvalue weighted by Crippen LogP contribution is 2.29. The molecular formula is C17H25F3N4O2S2. The third-order valence-corrected chi connectivity index (χ3v) is 7.04. The highest BCUT2D eigenvalue weighted by atomic mass is 32.2. The second-order valence-electron chi connectivity index (χ2n) is 6.20. The number of guanidine groups is 1. The minimum atomic E-state index is -4.34. The zero-order chi connectivity index (χ0) is 20.6. The van der Waals surface area contributed by atoms with Crippen molar-refractivity contribution in [2.45, 2.75) is 12.6 Å². The molecule has 1 saturated heterocycles. The number of hydrogen-bond donors (Lipinski definition) is 2. The van der Waals surface area contributed by atoms with Gasteiger partial charge in [-0.3, -0.25) is 4.99 Å². The lowest BCUT2D eigenvalue weighted by molar-refractivity contribution is -0.137. The van der Waals surface area contributed by atoms with Crippen LogP contribution in [-0.4, -0.2) is 69.2 Å². The summed E-state index contributed by atoms with van der Waals surface area (Å²) < 4.78 is 63.8. The Morgan fingerprint density at radius 3 is 2.32 bits per heavy atom. The number of hydrogen-bond acceptors (Lipinski definition) is 4. The molecule has 1 aromatic carbocycles. The van der Waals surface area contributed by atoms with Gasteiger partial charge in [0.2, 0.25) is 10.0 Å². The van der Waals surface area contributed by atoms with Gasteiger partial charge in [-0.1, -0.05) is 12.1 Å². The zero-order valence-electron chi connectivity index (χ0n) is 15.6. The van der Waals surface area contributed by atoms with E-state index in [1.807, 2.05) is 0 Å². The summed E-state index contributed by atoms with van der Waals surface area (Å²) in [6.45, 7) is 1.78. The number of halogens is 3. The van der Waals surface area contributed by atoms with Gasteiger partial charge in [0.05, 0.1) is 11.3 Å². The number of nitrogens with one attached hydrogen (secondary N) is 2. The Bertz CT molecular complexity index is 747. The fourth-order valence-corrected chi connectivity index (χ4v) is 5.15. The molecule has 0 spiro atoms. The Morgan fingerprint density at radius 2 is 1.75 bits per heavy atom. The van der Waals surface area contributed by atoms with Crippen LogP contribution >= 0.6 is 11.8 Å². The van der Waals surface area contributed by atoms with Crippen molar-refractivity contribution < 1.29 is 21.6 Å². The minimum Gasteiger partial charge on any atom is -0.356 e. The molecule has 0 radical (unpaired) electrons. The third-order valence-electron chi connectivity index (χ3n) is 4.23. The molecule has 1 aromatic rings. The predicted octanol–water partition coefficient (Wildman–Crippen LogP) is 1.79. The van der Waals surface area contributed by atoms with Gasteiger partial charge in [0.25, 0.3) is 0 Å². The molecule has 1 aliphatic rings. The van der Waals surface area contributed by atoms with E-state index in [1.165, 1.54) is 16.4 Å². The molecule has 0 bridgehead atoms. The highest BCUT2D eigenvalue weighted by Gasteiger charge is 2.29. The van der Waals surface area contributed by atoms with Crippen molar-refractivity contribution in [1.29, 1.82) is 0 Å². The number of aliphatic imine (C=N–C) groups is 1. The number of rotatable bonds is 7. The summed E-state index contributed by atoms with van der Waals surface area (Å²) in [6.07, 6.45) is -3.82. The van der Waals surface area contributed by atoms with Gasteiger partial charge in [-0.2, -0.15) is 24.9 Å². The SMILES string of the molecule is CN=C(NCCc1ccc(C(F)(F)F)cc1)NCCS(=O)(=O)N1CCSCC1. The van der Waals surface area contributed by atoms with E-state index >= 15 is 0 Å². The lowest BCUT2D eigenvalue weighted by Gasteiger charge is -2.25. The van der Waals surface area contributed by atoms with E-state index in [-0.39, 0.29) is 12.3 Å². The van der Waals surface area contributed by atoms with Crippen molar-refractivity contribution in [1.82, 2.24) is 14.9 Å². The van der Waals surface area contributed by atoms with Gasteiger partial charge in [-0.05, 0) is 24.1 Å². The Kier molecular flexibility index (Phi) is 8.44. The number of nitrogens with zero attached hydrogens (tertiary/aromatic N) is 2. The van der Waals surface area contributed by atoms with Gasteiger partial charge < -0.3 is 10.6 Å². The summed E-state index contributed by atoms with van der Waals surface area (Å²) in [4.78, 5) is 4.03. The Labute approximate surface area is 168 Å². The highest BCUT2D eigenvalue weighted by molar-refractivity contribution is 7.99. The molecule has 0 atom stereocenters. The van der Waals surface area contributed by atoms with Gasteiger partial charge >= 0.3 is 6.18 Å². The van der Waals surface area contributed by atoms with Crippen LogP contribution in [0.5, 0.6) is 0 Å². The molecule has 28 heavy (non-hydrogen) atoms. The molecule has 1 aliphatic heterocycles. The molecule has 6 nitrogen and oxygen atoms in total. The van der Waals surface area contributed by atoms with Gasteiger partial charge in [0.1, 0.15) is 0 Å². The molecule has 2 N–H and O–H groups in total. The van der Waals surface area contributed by atoms with E-state index < -0.39 is 21.8 Å². The average molecular weight is 439 g/mol. The first-order valence-corrected chi connectivity index (χ1v) is 11.6. The number of thioether (sulfide) groups is 1. The summed E-state index contributed by atoms with van der Waals surface area (Å²) in [6, 6.07) is 5.02. The number of alkyl halides is 3. The van der Waals surface area contributed by atoms with Gasteiger partial charge in [0.15, 0.2) is 5.96 Å². The average Bonchev–Trinajstić information content (AvgIpc) is 2.67. The van der Waals surface area contributed by atoms with Crippen LogP contribution in [0.1, 0.15) is 11.1 Å². The van der Waals surface area contributed by atoms with Gasteiger partial charge in [0, 0.05) is 44.7 Å². The predicted molar refractivity (Wildman–Crippen MR) is 107 cm³/mol. The Hall–Kier alpha value is -1.46. The van der Waals surface area contributed by atoms with Crippen molar-refractivity contribution in [3.8, 4) is 0 Å². The van der Waals surface area contributed by atoms with Crippen molar-refractivity contribution in [2.75, 3.05) is 50.5 Å². The van der Waals surface area contributed by atoms with Crippen molar-refractivity contribution in [2.24, 2.45) is 4.99 Å².